The largest absolute Gasteiger partial charge is 0.400 e. The highest BCUT2D eigenvalue weighted by molar-refractivity contribution is 6.80. The molecule has 0 amide bonds. The van der Waals surface area contributed by atoms with E-state index in [9.17, 15) is 10.2 Å². The molecule has 4 heteroatoms. The van der Waals surface area contributed by atoms with Gasteiger partial charge in [0.25, 0.3) is 9.04 Å². The molecule has 2 N–H and O–H groups in total. The maximum absolute atomic E-state index is 9.75. The van der Waals surface area contributed by atoms with Gasteiger partial charge in [0.15, 0.2) is 0 Å². The van der Waals surface area contributed by atoms with Crippen LogP contribution in [0, 0.1) is 5.41 Å². The number of hydrogen-bond donors (Lipinski definition) is 2. The molecule has 3 nitrogen and oxygen atoms in total. The minimum atomic E-state index is -1.47. The summed E-state index contributed by atoms with van der Waals surface area (Å²) in [6.07, 6.45) is -0.158. The van der Waals surface area contributed by atoms with Gasteiger partial charge in [-0.25, -0.2) is 0 Å². The molecule has 151 valence electrons. The number of aliphatic hydroxyl groups excluding tert-OH is 2. The van der Waals surface area contributed by atoms with Crippen molar-refractivity contribution in [3.8, 4) is 0 Å². The lowest BCUT2D eigenvalue weighted by Crippen LogP contribution is -2.47. The molecular weight excluding hydrogens is 376 g/mol. The van der Waals surface area contributed by atoms with Gasteiger partial charge in [-0.3, -0.25) is 0 Å². The van der Waals surface area contributed by atoms with Crippen LogP contribution in [0.4, 0.5) is 0 Å². The topological polar surface area (TPSA) is 49.7 Å². The maximum atomic E-state index is 9.75. The Morgan fingerprint density at radius 2 is 1.28 bits per heavy atom. The van der Waals surface area contributed by atoms with E-state index in [0.717, 1.165) is 16.7 Å². The molecule has 0 spiro atoms. The summed E-state index contributed by atoms with van der Waals surface area (Å²) in [7, 11) is -1.47. The lowest BCUT2D eigenvalue weighted by Gasteiger charge is -2.35. The lowest BCUT2D eigenvalue weighted by atomic mass is 9.84. The monoisotopic (exact) mass is 405 g/mol. The van der Waals surface area contributed by atoms with Crippen molar-refractivity contribution in [2.45, 2.75) is 40.1 Å². The third-order valence-electron chi connectivity index (χ3n) is 4.97. The van der Waals surface area contributed by atoms with Crippen LogP contribution in [0.15, 0.2) is 78.9 Å². The average Bonchev–Trinajstić information content (AvgIpc) is 2.74. The SMILES string of the molecule is CC(C)(C)C(O[Si](c1ccccc1)c1ccccc1)c1ccc(CO)c(CO)c1. The Morgan fingerprint density at radius 3 is 1.72 bits per heavy atom. The second-order valence-electron chi connectivity index (χ2n) is 8.27. The highest BCUT2D eigenvalue weighted by atomic mass is 28.3. The number of hydrogen-bond acceptors (Lipinski definition) is 3. The third kappa shape index (κ3) is 5.22. The zero-order valence-electron chi connectivity index (χ0n) is 17.3. The molecule has 3 aromatic carbocycles. The molecule has 0 bridgehead atoms. The van der Waals surface area contributed by atoms with Gasteiger partial charge in [0.2, 0.25) is 0 Å². The van der Waals surface area contributed by atoms with Crippen molar-refractivity contribution in [2.75, 3.05) is 0 Å². The first-order valence-electron chi connectivity index (χ1n) is 9.92. The first-order valence-corrected chi connectivity index (χ1v) is 11.3. The molecule has 0 saturated carbocycles. The van der Waals surface area contributed by atoms with Gasteiger partial charge < -0.3 is 14.6 Å². The van der Waals surface area contributed by atoms with Crippen molar-refractivity contribution in [3.63, 3.8) is 0 Å². The van der Waals surface area contributed by atoms with Crippen molar-refractivity contribution < 1.29 is 14.6 Å². The molecule has 0 aliphatic heterocycles. The summed E-state index contributed by atoms with van der Waals surface area (Å²) in [6, 6.07) is 26.7. The first-order chi connectivity index (χ1) is 13.9. The van der Waals surface area contributed by atoms with Gasteiger partial charge in [-0.2, -0.15) is 0 Å². The van der Waals surface area contributed by atoms with Crippen molar-refractivity contribution in [1.82, 2.24) is 0 Å². The van der Waals surface area contributed by atoms with Gasteiger partial charge in [-0.1, -0.05) is 99.6 Å². The molecule has 29 heavy (non-hydrogen) atoms. The van der Waals surface area contributed by atoms with Crippen LogP contribution in [0.2, 0.25) is 0 Å². The van der Waals surface area contributed by atoms with E-state index in [1.807, 2.05) is 30.3 Å². The second-order valence-corrected chi connectivity index (χ2v) is 10.3. The predicted molar refractivity (Wildman–Crippen MR) is 119 cm³/mol. The van der Waals surface area contributed by atoms with Crippen LogP contribution in [0.5, 0.6) is 0 Å². The summed E-state index contributed by atoms with van der Waals surface area (Å²) in [5.41, 5.74) is 2.37. The Bertz CT molecular complexity index is 865. The first kappa shape index (κ1) is 21.5. The summed E-state index contributed by atoms with van der Waals surface area (Å²) >= 11 is 0. The van der Waals surface area contributed by atoms with E-state index >= 15 is 0 Å². The summed E-state index contributed by atoms with van der Waals surface area (Å²) in [5.74, 6) is 0. The van der Waals surface area contributed by atoms with E-state index in [-0.39, 0.29) is 24.7 Å². The summed E-state index contributed by atoms with van der Waals surface area (Å²) in [4.78, 5) is 0. The molecule has 0 heterocycles. The van der Waals surface area contributed by atoms with Crippen molar-refractivity contribution in [1.29, 1.82) is 0 Å². The minimum Gasteiger partial charge on any atom is -0.400 e. The molecule has 0 fully saturated rings. The van der Waals surface area contributed by atoms with Gasteiger partial charge in [0, 0.05) is 0 Å². The molecule has 0 aromatic heterocycles. The molecule has 3 rings (SSSR count). The van der Waals surface area contributed by atoms with Gasteiger partial charge in [0.05, 0.1) is 19.3 Å². The van der Waals surface area contributed by atoms with Crippen molar-refractivity contribution >= 4 is 19.4 Å². The fourth-order valence-electron chi connectivity index (χ4n) is 3.45. The van der Waals surface area contributed by atoms with Gasteiger partial charge >= 0.3 is 0 Å². The van der Waals surface area contributed by atoms with Gasteiger partial charge in [-0.05, 0) is 32.5 Å². The number of aliphatic hydroxyl groups is 2. The quantitative estimate of drug-likeness (QED) is 0.591. The standard InChI is InChI=1S/C25H29O3Si/c1-25(2,3)24(19-14-15-20(17-26)21(16-19)18-27)28-29(22-10-6-4-7-11-22)23-12-8-5-9-13-23/h4-16,24,26-27H,17-18H2,1-3H3. The zero-order chi connectivity index (χ0) is 20.9. The van der Waals surface area contributed by atoms with E-state index in [2.05, 4.69) is 69.3 Å². The highest BCUT2D eigenvalue weighted by Crippen LogP contribution is 2.37. The van der Waals surface area contributed by atoms with Crippen LogP contribution in [-0.4, -0.2) is 19.3 Å². The molecular formula is C25H29O3Si. The Balaban J connectivity index is 2.04. The Morgan fingerprint density at radius 1 is 0.759 bits per heavy atom. The molecule has 0 saturated heterocycles. The third-order valence-corrected chi connectivity index (χ3v) is 7.15. The van der Waals surface area contributed by atoms with Crippen LogP contribution in [0.3, 0.4) is 0 Å². The van der Waals surface area contributed by atoms with Crippen LogP contribution >= 0.6 is 0 Å². The smallest absolute Gasteiger partial charge is 0.283 e. The summed E-state index contributed by atoms with van der Waals surface area (Å²) in [6.45, 7) is 6.33. The predicted octanol–water partition coefficient (Wildman–Crippen LogP) is 3.58. The Hall–Kier alpha value is -2.24. The fourth-order valence-corrected chi connectivity index (χ4v) is 5.78. The van der Waals surface area contributed by atoms with Gasteiger partial charge in [-0.15, -0.1) is 0 Å². The van der Waals surface area contributed by atoms with E-state index in [0.29, 0.717) is 0 Å². The maximum Gasteiger partial charge on any atom is 0.283 e. The molecule has 1 atom stereocenters. The van der Waals surface area contributed by atoms with E-state index in [1.165, 1.54) is 10.4 Å². The fraction of sp³-hybridized carbons (Fsp3) is 0.280. The van der Waals surface area contributed by atoms with Crippen molar-refractivity contribution in [2.24, 2.45) is 5.41 Å². The van der Waals surface area contributed by atoms with Gasteiger partial charge in [0.1, 0.15) is 0 Å². The molecule has 3 aromatic rings. The van der Waals surface area contributed by atoms with Crippen LogP contribution in [-0.2, 0) is 17.6 Å². The summed E-state index contributed by atoms with van der Waals surface area (Å²) < 4.78 is 6.90. The van der Waals surface area contributed by atoms with Crippen LogP contribution in [0.1, 0.15) is 43.6 Å². The Labute approximate surface area is 175 Å². The van der Waals surface area contributed by atoms with Crippen molar-refractivity contribution in [3.05, 3.63) is 95.6 Å². The lowest BCUT2D eigenvalue weighted by molar-refractivity contribution is 0.0894. The summed E-state index contributed by atoms with van der Waals surface area (Å²) in [5, 5.41) is 21.7. The minimum absolute atomic E-state index is 0.0830. The van der Waals surface area contributed by atoms with Crippen LogP contribution in [0.25, 0.3) is 0 Å². The highest BCUT2D eigenvalue weighted by Gasteiger charge is 2.32. The Kier molecular flexibility index (Phi) is 7.03. The second kappa shape index (κ2) is 9.50. The van der Waals surface area contributed by atoms with E-state index < -0.39 is 9.04 Å². The molecule has 1 unspecified atom stereocenters. The molecule has 0 aliphatic carbocycles. The molecule has 0 aliphatic rings. The van der Waals surface area contributed by atoms with E-state index in [1.54, 1.807) is 0 Å². The van der Waals surface area contributed by atoms with Crippen LogP contribution < -0.4 is 10.4 Å². The van der Waals surface area contributed by atoms with E-state index in [4.69, 9.17) is 4.43 Å². The zero-order valence-corrected chi connectivity index (χ0v) is 18.3. The normalized spacial score (nSPS) is 12.9. The number of rotatable bonds is 7. The average molecular weight is 406 g/mol. The number of benzene rings is 3. The molecule has 1 radical (unpaired) electrons.